The molecule has 7 rings (SSSR count). The minimum Gasteiger partial charge on any atom is -0.508 e. The molecule has 33 nitrogen and oxygen atoms in total. The number of nitrogens with one attached hydrogen (secondary N) is 11. The SMILES string of the molecule is Cc1cc2nc(C[C@H](NC(=O)[C@H](Cc3ccc(O)cc3)NC(=O)[C@H](CO)NC(=O)[C@H](Cc3c[nH]c4ccccc34)NC(=O)[C@H](Cc3cnc[nH]3)NC(=O)[C@@H](N)CCC(=O)O)C(=O)N[C@@H](CC(C)C)C(=O)N[C@@H](CCCN=C(N)N)C(=O)N3CCC[C@@H]3C(=O)NCC(N)=O)[nH]c2cc1C. The number of aryl methyl sites for hydroxylation is 2. The van der Waals surface area contributed by atoms with E-state index in [4.69, 9.17) is 27.9 Å². The number of carboxylic acid groups (broad SMARTS) is 1. The number of carbonyl (C=O) groups excluding carboxylic acids is 10. The minimum atomic E-state index is -1.85. The molecule has 1 aliphatic heterocycles. The van der Waals surface area contributed by atoms with Gasteiger partial charge in [-0.1, -0.05) is 44.2 Å². The van der Waals surface area contributed by atoms with Gasteiger partial charge in [0.15, 0.2) is 5.96 Å². The maximum atomic E-state index is 15.1. The molecule has 0 bridgehead atoms. The van der Waals surface area contributed by atoms with Gasteiger partial charge in [0.2, 0.25) is 59.1 Å². The van der Waals surface area contributed by atoms with Crippen molar-refractivity contribution in [2.45, 2.75) is 153 Å². The van der Waals surface area contributed by atoms with Gasteiger partial charge < -0.3 is 101 Å². The monoisotopic (exact) mass is 1360 g/mol. The molecule has 0 aliphatic carbocycles. The number of phenolic OH excluding ortho intramolecular Hbond substituents is 1. The summed E-state index contributed by atoms with van der Waals surface area (Å²) in [4.78, 5) is 176. The van der Waals surface area contributed by atoms with Crippen LogP contribution in [0.5, 0.6) is 5.75 Å². The average molecular weight is 1360 g/mol. The molecule has 1 fully saturated rings. The second-order valence-electron chi connectivity index (χ2n) is 24.7. The lowest BCUT2D eigenvalue weighted by atomic mass is 10.0. The first-order chi connectivity index (χ1) is 46.7. The predicted octanol–water partition coefficient (Wildman–Crippen LogP) is -2.37. The lowest BCUT2D eigenvalue weighted by Crippen LogP contribution is -2.61. The Kier molecular flexibility index (Phi) is 26.7. The number of hydrogen-bond acceptors (Lipinski definition) is 17. The number of para-hydroxylation sites is 1. The molecule has 0 radical (unpaired) electrons. The molecule has 1 saturated heterocycles. The summed E-state index contributed by atoms with van der Waals surface area (Å²) in [7, 11) is 0. The van der Waals surface area contributed by atoms with Crippen molar-refractivity contribution in [2.75, 3.05) is 26.2 Å². The first kappa shape index (κ1) is 74.4. The van der Waals surface area contributed by atoms with Crippen molar-refractivity contribution in [3.05, 3.63) is 113 Å². The number of phenols is 1. The average Bonchev–Trinajstić information content (AvgIpc) is 1.67. The summed E-state index contributed by atoms with van der Waals surface area (Å²) >= 11 is 0. The standard InChI is InChI=1S/C65H87N19O14/c1-33(2)21-46(57(91)77-43(11-7-19-71-65(68)69)64(98)84-20-8-12-52(84)63(97)73-30-53(67)87)79-61(95)50(27-54-75-44-22-34(3)35(4)23-45(44)76-54)82-58(92)47(24-36-13-15-39(86)16-14-36)80-62(96)51(31-85)83-59(93)48(25-37-28-72-42-10-6-5-9-40(37)42)81-60(94)49(26-38-29-70-32-74-38)78-56(90)41(66)17-18-55(88)89/h5-6,9-10,13-16,22-23,28-29,32-33,41,43,46-52,72,85-86H,7-8,11-12,17-21,24-27,30-31,66H2,1-4H3,(H2,67,87)(H,70,74)(H,73,97)(H,75,76)(H,77,91)(H,78,90)(H,79,95)(H,80,96)(H,81,94)(H,82,92)(H,83,93)(H,88,89)(H4,68,69,71)/t41-,43-,46-,47-,48-,49-,50-,51-,52+/m0/s1. The number of nitrogens with two attached hydrogens (primary N) is 4. The summed E-state index contributed by atoms with van der Waals surface area (Å²) in [5.41, 5.74) is 27.4. The first-order valence-corrected chi connectivity index (χ1v) is 32.0. The Hall–Kier alpha value is -11.0. The lowest BCUT2D eigenvalue weighted by molar-refractivity contribution is -0.142. The summed E-state index contributed by atoms with van der Waals surface area (Å²) in [5, 5.41) is 52.1. The predicted molar refractivity (Wildman–Crippen MR) is 357 cm³/mol. The number of amides is 10. The molecule has 22 N–H and O–H groups in total. The number of aliphatic carboxylic acids is 1. The van der Waals surface area contributed by atoms with Crippen molar-refractivity contribution in [2.24, 2.45) is 33.8 Å². The zero-order valence-electron chi connectivity index (χ0n) is 54.8. The van der Waals surface area contributed by atoms with Crippen LogP contribution in [0.1, 0.15) is 92.6 Å². The van der Waals surface area contributed by atoms with E-state index in [1.54, 1.807) is 44.3 Å². The van der Waals surface area contributed by atoms with Gasteiger partial charge in [0.05, 0.1) is 36.6 Å². The number of likely N-dealkylation sites (tertiary alicyclic amines) is 1. The number of aliphatic hydroxyl groups is 1. The van der Waals surface area contributed by atoms with E-state index in [2.05, 4.69) is 67.5 Å². The fraction of sp³-hybridized carbons (Fsp3) is 0.446. The highest BCUT2D eigenvalue weighted by molar-refractivity contribution is 5.99. The van der Waals surface area contributed by atoms with Crippen molar-refractivity contribution >= 4 is 92.9 Å². The van der Waals surface area contributed by atoms with E-state index in [-0.39, 0.29) is 94.3 Å². The maximum absolute atomic E-state index is 15.1. The Bertz CT molecular complexity index is 3810. The largest absolute Gasteiger partial charge is 0.508 e. The van der Waals surface area contributed by atoms with E-state index in [9.17, 15) is 58.5 Å². The maximum Gasteiger partial charge on any atom is 0.303 e. The highest BCUT2D eigenvalue weighted by Crippen LogP contribution is 2.23. The summed E-state index contributed by atoms with van der Waals surface area (Å²) < 4.78 is 0. The quantitative estimate of drug-likeness (QED) is 0.0111. The molecule has 98 heavy (non-hydrogen) atoms. The van der Waals surface area contributed by atoms with Crippen LogP contribution in [0.15, 0.2) is 84.4 Å². The van der Waals surface area contributed by atoms with E-state index in [0.29, 0.717) is 45.2 Å². The molecule has 3 aromatic carbocycles. The summed E-state index contributed by atoms with van der Waals surface area (Å²) in [6.07, 6.45) is 3.33. The van der Waals surface area contributed by atoms with Crippen molar-refractivity contribution in [3.8, 4) is 5.75 Å². The topological polar surface area (TPSA) is 538 Å². The molecule has 9 atom stereocenters. The van der Waals surface area contributed by atoms with Gasteiger partial charge in [0, 0.05) is 74.2 Å². The molecule has 10 amide bonds. The molecule has 6 aromatic rings. The van der Waals surface area contributed by atoms with Gasteiger partial charge in [-0.15, -0.1) is 0 Å². The number of aromatic amines is 3. The van der Waals surface area contributed by atoms with Crippen LogP contribution in [0.3, 0.4) is 0 Å². The zero-order chi connectivity index (χ0) is 71.3. The third-order valence-corrected chi connectivity index (χ3v) is 16.5. The fourth-order valence-corrected chi connectivity index (χ4v) is 11.2. The Morgan fingerprint density at radius 1 is 0.694 bits per heavy atom. The molecule has 0 spiro atoms. The minimum absolute atomic E-state index is 0.00839. The van der Waals surface area contributed by atoms with E-state index in [0.717, 1.165) is 11.1 Å². The molecule has 33 heteroatoms. The van der Waals surface area contributed by atoms with Gasteiger partial charge >= 0.3 is 5.97 Å². The summed E-state index contributed by atoms with van der Waals surface area (Å²) in [6, 6.07) is 3.27. The summed E-state index contributed by atoms with van der Waals surface area (Å²) in [6.45, 7) is 6.01. The van der Waals surface area contributed by atoms with Crippen molar-refractivity contribution < 1.29 is 68.1 Å². The number of nitrogens with zero attached hydrogens (tertiary/aromatic N) is 4. The van der Waals surface area contributed by atoms with Crippen LogP contribution in [0.25, 0.3) is 21.9 Å². The van der Waals surface area contributed by atoms with Crippen molar-refractivity contribution in [1.82, 2.24) is 72.4 Å². The highest BCUT2D eigenvalue weighted by Gasteiger charge is 2.40. The smallest absolute Gasteiger partial charge is 0.303 e. The number of rotatable bonds is 36. The van der Waals surface area contributed by atoms with Crippen LogP contribution in [0.4, 0.5) is 0 Å². The van der Waals surface area contributed by atoms with E-state index < -0.39 is 139 Å². The van der Waals surface area contributed by atoms with Gasteiger partial charge in [-0.05, 0) is 111 Å². The van der Waals surface area contributed by atoms with Gasteiger partial charge in [-0.25, -0.2) is 9.97 Å². The normalized spacial score (nSPS) is 15.3. The fourth-order valence-electron chi connectivity index (χ4n) is 11.2. The molecular formula is C65H87N19O14. The van der Waals surface area contributed by atoms with Crippen LogP contribution < -0.4 is 65.5 Å². The number of H-pyrrole nitrogens is 3. The third-order valence-electron chi connectivity index (χ3n) is 16.5. The third kappa shape index (κ3) is 21.5. The van der Waals surface area contributed by atoms with Crippen molar-refractivity contribution in [3.63, 3.8) is 0 Å². The Morgan fingerprint density at radius 3 is 1.92 bits per heavy atom. The number of benzene rings is 3. The highest BCUT2D eigenvalue weighted by atomic mass is 16.4. The van der Waals surface area contributed by atoms with E-state index >= 15 is 9.59 Å². The van der Waals surface area contributed by atoms with Gasteiger partial charge in [-0.3, -0.25) is 57.7 Å². The molecule has 0 unspecified atom stereocenters. The number of aliphatic imine (C=N–C) groups is 1. The lowest BCUT2D eigenvalue weighted by Gasteiger charge is -2.30. The van der Waals surface area contributed by atoms with Gasteiger partial charge in [0.1, 0.15) is 59.9 Å². The number of aliphatic hydroxyl groups excluding tert-OH is 1. The molecule has 526 valence electrons. The number of guanidine groups is 1. The number of aromatic hydroxyl groups is 1. The second kappa shape index (κ2) is 35.2. The van der Waals surface area contributed by atoms with Crippen molar-refractivity contribution in [1.29, 1.82) is 0 Å². The number of imidazole rings is 2. The van der Waals surface area contributed by atoms with Crippen LogP contribution in [-0.2, 0) is 78.4 Å². The van der Waals surface area contributed by atoms with Gasteiger partial charge in [-0.2, -0.15) is 0 Å². The second-order valence-corrected chi connectivity index (χ2v) is 24.7. The molecule has 4 heterocycles. The Balaban J connectivity index is 1.17. The number of fused-ring (bicyclic) bond motifs is 2. The zero-order valence-corrected chi connectivity index (χ0v) is 54.8. The molecule has 3 aromatic heterocycles. The van der Waals surface area contributed by atoms with Crippen LogP contribution in [0.2, 0.25) is 0 Å². The number of hydrogen-bond donors (Lipinski definition) is 18. The molecule has 1 aliphatic rings. The number of carboxylic acids is 1. The van der Waals surface area contributed by atoms with Gasteiger partial charge in [0.25, 0.3) is 0 Å². The Labute approximate surface area is 563 Å². The number of primary amides is 1. The molecule has 0 saturated carbocycles. The van der Waals surface area contributed by atoms with E-state index in [1.807, 2.05) is 26.0 Å². The van der Waals surface area contributed by atoms with Crippen LogP contribution >= 0.6 is 0 Å². The van der Waals surface area contributed by atoms with E-state index in [1.165, 1.54) is 41.7 Å². The first-order valence-electron chi connectivity index (χ1n) is 32.0. The number of carbonyl (C=O) groups is 11. The number of aromatic nitrogens is 5. The summed E-state index contributed by atoms with van der Waals surface area (Å²) in [5.74, 6) is -10.3. The van der Waals surface area contributed by atoms with Crippen LogP contribution in [0, 0.1) is 19.8 Å². The van der Waals surface area contributed by atoms with Crippen LogP contribution in [-0.4, -0.2) is 197 Å². The Morgan fingerprint density at radius 2 is 1.29 bits per heavy atom. The molecular weight excluding hydrogens is 1270 g/mol.